The lowest BCUT2D eigenvalue weighted by Crippen LogP contribution is -2.13. The van der Waals surface area contributed by atoms with Crippen molar-refractivity contribution in [3.05, 3.63) is 23.8 Å². The van der Waals surface area contributed by atoms with E-state index in [1.807, 2.05) is 13.8 Å². The van der Waals surface area contributed by atoms with Crippen molar-refractivity contribution < 1.29 is 8.42 Å². The number of aromatic nitrogens is 4. The molecule has 0 aromatic carbocycles. The average Bonchev–Trinajstić information content (AvgIpc) is 2.96. The number of aromatic amines is 1. The molecule has 2 aromatic rings. The van der Waals surface area contributed by atoms with Gasteiger partial charge in [-0.3, -0.25) is 9.82 Å². The highest BCUT2D eigenvalue weighted by atomic mass is 32.2. The van der Waals surface area contributed by atoms with Crippen molar-refractivity contribution in [3.8, 4) is 0 Å². The maximum atomic E-state index is 12.2. The summed E-state index contributed by atoms with van der Waals surface area (Å²) < 4.78 is 28.6. The lowest BCUT2D eigenvalue weighted by atomic mass is 10.2. The van der Waals surface area contributed by atoms with Crippen molar-refractivity contribution in [1.29, 1.82) is 0 Å². The molecule has 2 N–H and O–H groups in total. The van der Waals surface area contributed by atoms with Gasteiger partial charge in [-0.1, -0.05) is 13.3 Å². The highest BCUT2D eigenvalue weighted by Gasteiger charge is 2.20. The molecule has 0 aliphatic rings. The van der Waals surface area contributed by atoms with Gasteiger partial charge in [0.15, 0.2) is 10.8 Å². The van der Waals surface area contributed by atoms with E-state index in [2.05, 4.69) is 19.9 Å². The predicted molar refractivity (Wildman–Crippen MR) is 76.0 cm³/mol. The molecular weight excluding hydrogens is 278 g/mol. The molecular formula is C12H19N5O2S. The summed E-state index contributed by atoms with van der Waals surface area (Å²) in [5.41, 5.74) is 0.903. The Labute approximate surface area is 118 Å². The minimum absolute atomic E-state index is 0.0110. The van der Waals surface area contributed by atoms with E-state index in [9.17, 15) is 8.42 Å². The van der Waals surface area contributed by atoms with Crippen LogP contribution in [-0.4, -0.2) is 28.2 Å². The van der Waals surface area contributed by atoms with E-state index < -0.39 is 10.0 Å². The zero-order valence-corrected chi connectivity index (χ0v) is 12.7. The van der Waals surface area contributed by atoms with E-state index in [0.29, 0.717) is 12.4 Å². The van der Waals surface area contributed by atoms with Crippen LogP contribution < -0.4 is 4.72 Å². The molecule has 0 fully saturated rings. The predicted octanol–water partition coefficient (Wildman–Crippen LogP) is 1.69. The smallest absolute Gasteiger partial charge is 0.282 e. The van der Waals surface area contributed by atoms with E-state index in [4.69, 9.17) is 0 Å². The first kappa shape index (κ1) is 14.6. The number of nitrogens with zero attached hydrogens (tertiary/aromatic N) is 3. The van der Waals surface area contributed by atoms with E-state index >= 15 is 0 Å². The summed E-state index contributed by atoms with van der Waals surface area (Å²) in [6.07, 6.45) is 3.32. The second kappa shape index (κ2) is 5.66. The van der Waals surface area contributed by atoms with E-state index in [-0.39, 0.29) is 10.8 Å². The molecule has 0 aliphatic heterocycles. The van der Waals surface area contributed by atoms with Crippen LogP contribution in [0.4, 0.5) is 5.82 Å². The minimum Gasteiger partial charge on any atom is -0.334 e. The summed E-state index contributed by atoms with van der Waals surface area (Å²) in [5, 5.41) is 6.76. The second-order valence-corrected chi connectivity index (χ2v) is 6.18. The number of H-pyrrole nitrogens is 1. The van der Waals surface area contributed by atoms with Crippen LogP contribution in [0.5, 0.6) is 0 Å². The summed E-state index contributed by atoms with van der Waals surface area (Å²) in [5.74, 6) is 0.957. The van der Waals surface area contributed by atoms with E-state index in [0.717, 1.165) is 18.5 Å². The number of sulfonamides is 1. The van der Waals surface area contributed by atoms with Crippen LogP contribution in [0.3, 0.4) is 0 Å². The molecule has 0 atom stereocenters. The number of hydrogen-bond donors (Lipinski definition) is 2. The van der Waals surface area contributed by atoms with Crippen molar-refractivity contribution in [2.45, 2.75) is 45.2 Å². The molecule has 0 bridgehead atoms. The van der Waals surface area contributed by atoms with Crippen LogP contribution in [0, 0.1) is 6.92 Å². The first-order valence-electron chi connectivity index (χ1n) is 6.57. The Morgan fingerprint density at radius 3 is 2.75 bits per heavy atom. The molecule has 0 amide bonds. The molecule has 0 unspecified atom stereocenters. The monoisotopic (exact) mass is 297 g/mol. The van der Waals surface area contributed by atoms with Crippen LogP contribution in [0.2, 0.25) is 0 Å². The third kappa shape index (κ3) is 3.01. The maximum absolute atomic E-state index is 12.2. The number of anilines is 1. The highest BCUT2D eigenvalue weighted by Crippen LogP contribution is 2.15. The molecule has 8 heteroatoms. The van der Waals surface area contributed by atoms with Crippen LogP contribution in [0.15, 0.2) is 17.3 Å². The number of aryl methyl sites for hydroxylation is 3. The van der Waals surface area contributed by atoms with Gasteiger partial charge in [-0.2, -0.15) is 13.5 Å². The molecule has 0 saturated carbocycles. The van der Waals surface area contributed by atoms with Gasteiger partial charge in [-0.05, 0) is 20.3 Å². The van der Waals surface area contributed by atoms with Gasteiger partial charge in [0.25, 0.3) is 10.0 Å². The highest BCUT2D eigenvalue weighted by molar-refractivity contribution is 7.92. The molecule has 2 rings (SSSR count). The molecule has 2 heterocycles. The van der Waals surface area contributed by atoms with Crippen LogP contribution in [0.1, 0.15) is 31.8 Å². The molecule has 7 nitrogen and oxygen atoms in total. The quantitative estimate of drug-likeness (QED) is 0.848. The van der Waals surface area contributed by atoms with Gasteiger partial charge in [-0.15, -0.1) is 0 Å². The zero-order chi connectivity index (χ0) is 14.8. The standard InChI is InChI=1S/C12H19N5O2S/c1-4-6-10-7-11(15-14-10)16-20(18,19)12-8-17(5-2)9(3)13-12/h7-8H,4-6H2,1-3H3,(H2,14,15,16). The Morgan fingerprint density at radius 1 is 1.40 bits per heavy atom. The SMILES string of the molecule is CCCc1cc(NS(=O)(=O)c2cn(CC)c(C)n2)n[nH]1. The number of nitrogens with one attached hydrogen (secondary N) is 2. The number of imidazole rings is 1. The Morgan fingerprint density at radius 2 is 2.15 bits per heavy atom. The Bertz CT molecular complexity index is 687. The van der Waals surface area contributed by atoms with Crippen molar-refractivity contribution in [2.75, 3.05) is 4.72 Å². The van der Waals surface area contributed by atoms with Crippen molar-refractivity contribution in [2.24, 2.45) is 0 Å². The molecule has 0 aliphatic carbocycles. The largest absolute Gasteiger partial charge is 0.334 e. The number of rotatable bonds is 6. The third-order valence-electron chi connectivity index (χ3n) is 2.96. The molecule has 0 saturated heterocycles. The fourth-order valence-corrected chi connectivity index (χ4v) is 2.93. The Kier molecular flexibility index (Phi) is 4.12. The molecule has 2 aromatic heterocycles. The van der Waals surface area contributed by atoms with Gasteiger partial charge >= 0.3 is 0 Å². The summed E-state index contributed by atoms with van der Waals surface area (Å²) in [6.45, 7) is 6.43. The Balaban J connectivity index is 2.21. The zero-order valence-electron chi connectivity index (χ0n) is 11.8. The normalized spacial score (nSPS) is 11.8. The molecule has 20 heavy (non-hydrogen) atoms. The first-order chi connectivity index (χ1) is 9.46. The third-order valence-corrected chi connectivity index (χ3v) is 4.18. The molecule has 110 valence electrons. The fourth-order valence-electron chi connectivity index (χ4n) is 1.93. The van der Waals surface area contributed by atoms with Crippen LogP contribution in [0.25, 0.3) is 0 Å². The van der Waals surface area contributed by atoms with Crippen LogP contribution in [-0.2, 0) is 23.0 Å². The maximum Gasteiger partial charge on any atom is 0.282 e. The van der Waals surface area contributed by atoms with Crippen molar-refractivity contribution >= 4 is 15.8 Å². The van der Waals surface area contributed by atoms with Gasteiger partial charge in [-0.25, -0.2) is 4.98 Å². The first-order valence-corrected chi connectivity index (χ1v) is 8.05. The van der Waals surface area contributed by atoms with Crippen molar-refractivity contribution in [1.82, 2.24) is 19.7 Å². The summed E-state index contributed by atoms with van der Waals surface area (Å²) in [7, 11) is -3.69. The average molecular weight is 297 g/mol. The topological polar surface area (TPSA) is 92.7 Å². The van der Waals surface area contributed by atoms with Gasteiger partial charge in [0.1, 0.15) is 5.82 Å². The molecule has 0 radical (unpaired) electrons. The summed E-state index contributed by atoms with van der Waals surface area (Å²) in [6, 6.07) is 1.70. The van der Waals surface area contributed by atoms with Gasteiger partial charge in [0, 0.05) is 24.5 Å². The number of hydrogen-bond acceptors (Lipinski definition) is 4. The second-order valence-electron chi connectivity index (χ2n) is 4.55. The van der Waals surface area contributed by atoms with Gasteiger partial charge in [0.2, 0.25) is 0 Å². The lowest BCUT2D eigenvalue weighted by molar-refractivity contribution is 0.597. The van der Waals surface area contributed by atoms with Gasteiger partial charge < -0.3 is 4.57 Å². The minimum atomic E-state index is -3.69. The lowest BCUT2D eigenvalue weighted by Gasteiger charge is -2.01. The van der Waals surface area contributed by atoms with E-state index in [1.54, 1.807) is 17.6 Å². The van der Waals surface area contributed by atoms with Gasteiger partial charge in [0.05, 0.1) is 0 Å². The summed E-state index contributed by atoms with van der Waals surface area (Å²) in [4.78, 5) is 4.07. The Hall–Kier alpha value is -1.83. The van der Waals surface area contributed by atoms with Crippen molar-refractivity contribution in [3.63, 3.8) is 0 Å². The summed E-state index contributed by atoms with van der Waals surface area (Å²) >= 11 is 0. The fraction of sp³-hybridized carbons (Fsp3) is 0.500. The van der Waals surface area contributed by atoms with E-state index in [1.165, 1.54) is 6.20 Å². The van der Waals surface area contributed by atoms with Crippen LogP contribution >= 0.6 is 0 Å². The molecule has 0 spiro atoms.